The lowest BCUT2D eigenvalue weighted by molar-refractivity contribution is 0.346. The van der Waals surface area contributed by atoms with Gasteiger partial charge in [0.15, 0.2) is 0 Å². The Hall–Kier alpha value is -1.04. The second kappa shape index (κ2) is 88.6. The maximum absolute atomic E-state index is 2.38. The quantitative estimate of drug-likeness (QED) is 0.168. The lowest BCUT2D eigenvalue weighted by atomic mass is 9.88. The van der Waals surface area contributed by atoms with Crippen LogP contribution in [-0.2, 0) is 0 Å². The van der Waals surface area contributed by atoms with Gasteiger partial charge in [0.1, 0.15) is 0 Å². The average Bonchev–Trinajstić information content (AvgIpc) is 3.70. The molecule has 0 aromatic heterocycles. The summed E-state index contributed by atoms with van der Waals surface area (Å²) in [6, 6.07) is 0. The van der Waals surface area contributed by atoms with Gasteiger partial charge in [0.2, 0.25) is 0 Å². The Kier molecular flexibility index (Phi) is 111. The molecule has 0 heterocycles. The van der Waals surface area contributed by atoms with Crippen molar-refractivity contribution >= 4 is 0 Å². The van der Waals surface area contributed by atoms with Crippen LogP contribution in [0.3, 0.4) is 0 Å². The van der Waals surface area contributed by atoms with Crippen LogP contribution in [0.1, 0.15) is 386 Å². The number of rotatable bonds is 0. The molecule has 74 heavy (non-hydrogen) atoms. The van der Waals surface area contributed by atoms with E-state index in [2.05, 4.69) is 105 Å². The minimum Gasteiger partial charge on any atom is -0.0885 e. The van der Waals surface area contributed by atoms with Gasteiger partial charge in [0, 0.05) is 0 Å². The lowest BCUT2D eigenvalue weighted by Gasteiger charge is -2.18. The molecule has 0 heteroatoms. The summed E-state index contributed by atoms with van der Waals surface area (Å²) in [5.41, 5.74) is 1.58. The van der Waals surface area contributed by atoms with Crippen molar-refractivity contribution in [3.8, 4) is 0 Å². The Labute approximate surface area is 479 Å². The highest BCUT2D eigenvalue weighted by atomic mass is 14.2. The van der Waals surface area contributed by atoms with E-state index in [1.165, 1.54) is 199 Å². The normalized spacial score (nSPS) is 21.2. The van der Waals surface area contributed by atoms with E-state index in [4.69, 9.17) is 0 Å². The zero-order chi connectivity index (χ0) is 59.1. The van der Waals surface area contributed by atoms with Crippen molar-refractivity contribution in [3.05, 3.63) is 48.1 Å². The zero-order valence-corrected chi connectivity index (χ0v) is 58.1. The topological polar surface area (TPSA) is 0 Å². The molecule has 0 saturated heterocycles. The molecule has 0 nitrogen and oxygen atoms in total. The largest absolute Gasteiger partial charge is 0.0885 e. The molecule has 3 unspecified atom stereocenters. The molecule has 0 amide bonds. The van der Waals surface area contributed by atoms with Gasteiger partial charge in [0.25, 0.3) is 0 Å². The van der Waals surface area contributed by atoms with E-state index in [9.17, 15) is 0 Å². The van der Waals surface area contributed by atoms with Crippen molar-refractivity contribution in [2.75, 3.05) is 0 Å². The van der Waals surface area contributed by atoms with Gasteiger partial charge < -0.3 is 0 Å². The Morgan fingerprint density at radius 3 is 0.730 bits per heavy atom. The predicted molar refractivity (Wildman–Crippen MR) is 360 cm³/mol. The molecular formula is C74H158. The van der Waals surface area contributed by atoms with Crippen LogP contribution in [0.2, 0.25) is 0 Å². The van der Waals surface area contributed by atoms with Crippen molar-refractivity contribution in [2.24, 2.45) is 47.3 Å². The van der Waals surface area contributed by atoms with Gasteiger partial charge in [-0.3, -0.25) is 0 Å². The number of allylic oxidation sites excluding steroid dienone is 8. The van der Waals surface area contributed by atoms with Crippen LogP contribution in [0, 0.1) is 47.3 Å². The Balaban J connectivity index is -0.0000000886. The van der Waals surface area contributed by atoms with Gasteiger partial charge in [0.05, 0.1) is 0 Å². The van der Waals surface area contributed by atoms with E-state index in [-0.39, 0.29) is 0 Å². The highest BCUT2D eigenvalue weighted by Gasteiger charge is 2.13. The van der Waals surface area contributed by atoms with Gasteiger partial charge in [-0.05, 0) is 125 Å². The van der Waals surface area contributed by atoms with Crippen molar-refractivity contribution < 1.29 is 0 Å². The van der Waals surface area contributed by atoms with Crippen molar-refractivity contribution in [1.82, 2.24) is 0 Å². The fourth-order valence-electron chi connectivity index (χ4n) is 8.24. The molecule has 5 saturated carbocycles. The average molecular weight is 1050 g/mol. The molecule has 9 aliphatic rings. The van der Waals surface area contributed by atoms with Crippen LogP contribution in [0.25, 0.3) is 0 Å². The Morgan fingerprint density at radius 1 is 0.257 bits per heavy atom. The summed E-state index contributed by atoms with van der Waals surface area (Å²) < 4.78 is 0. The first-order chi connectivity index (χ1) is 36.0. The SMILES string of the molecule is CC.CC.CC.CC.CC.CC.CC.CC.CC.CC1=CCCC1.CC1C=CCC1.CC1C=CCCC1.CC1CC1.CC1CC=CCC1.CC1CCC1.CC1CCCC1.CC1CCCCC1.CC1CCCCCC1. The van der Waals surface area contributed by atoms with Gasteiger partial charge in [-0.15, -0.1) is 0 Å². The molecule has 0 aromatic carbocycles. The first-order valence-electron chi connectivity index (χ1n) is 34.7. The van der Waals surface area contributed by atoms with Crippen LogP contribution in [-0.4, -0.2) is 0 Å². The van der Waals surface area contributed by atoms with Crippen LogP contribution < -0.4 is 0 Å². The predicted octanol–water partition coefficient (Wildman–Crippen LogP) is 29.0. The van der Waals surface area contributed by atoms with E-state index >= 15 is 0 Å². The summed E-state index contributed by atoms with van der Waals surface area (Å²) in [5.74, 6) is 7.93. The number of hydrogen-bond donors (Lipinski definition) is 0. The summed E-state index contributed by atoms with van der Waals surface area (Å²) in [5, 5.41) is 0. The first-order valence-corrected chi connectivity index (χ1v) is 34.7. The van der Waals surface area contributed by atoms with Crippen LogP contribution >= 0.6 is 0 Å². The van der Waals surface area contributed by atoms with E-state index in [0.717, 1.165) is 47.3 Å². The smallest absolute Gasteiger partial charge is 0.0259 e. The number of hydrogen-bond acceptors (Lipinski definition) is 0. The van der Waals surface area contributed by atoms with Crippen LogP contribution in [0.15, 0.2) is 48.1 Å². The fourth-order valence-corrected chi connectivity index (χ4v) is 8.24. The van der Waals surface area contributed by atoms with Crippen LogP contribution in [0.5, 0.6) is 0 Å². The molecule has 0 N–H and O–H groups in total. The first kappa shape index (κ1) is 92.4. The minimum absolute atomic E-state index is 0.855. The third-order valence-corrected chi connectivity index (χ3v) is 13.5. The van der Waals surface area contributed by atoms with Crippen molar-refractivity contribution in [2.45, 2.75) is 386 Å². The zero-order valence-electron chi connectivity index (χ0n) is 58.1. The molecule has 0 bridgehead atoms. The van der Waals surface area contributed by atoms with Crippen molar-refractivity contribution in [1.29, 1.82) is 0 Å². The summed E-state index contributed by atoms with van der Waals surface area (Å²) in [6.07, 6.45) is 60.6. The molecule has 454 valence electrons. The van der Waals surface area contributed by atoms with E-state index in [1.54, 1.807) is 5.57 Å². The summed E-state index contributed by atoms with van der Waals surface area (Å²) in [7, 11) is 0. The molecule has 9 aliphatic carbocycles. The van der Waals surface area contributed by atoms with Gasteiger partial charge >= 0.3 is 0 Å². The van der Waals surface area contributed by atoms with Gasteiger partial charge in [-0.2, -0.15) is 0 Å². The molecule has 0 aliphatic heterocycles. The maximum Gasteiger partial charge on any atom is -0.0259 e. The second-order valence-electron chi connectivity index (χ2n) is 20.6. The van der Waals surface area contributed by atoms with Crippen LogP contribution in [0.4, 0.5) is 0 Å². The standard InChI is InChI=1S/C8H16.C7H14.2C7H12.C6H12.2C6H10.C5H10.C4H8.9C2H6/c1-8-6-4-2-3-5-7-8;3*1-7-5-3-2-4-6-7;3*1-6-4-2-3-5-6;1-5-3-2-4-5;1-4-2-3-4;9*1-2/h8H,2-7H2,1H3;7H,2-6H2,1H3;3,5,7H,2,4,6H2,1H3;2-3,7H,4-6H2,1H3;6H,2-5H2,1H3;4H,2-3,5H2,1H3;2,4,6H,3,5H2,1H3;5H,2-4H2,1H3;4H,2-3H2,1H3;9*1-2H3. The lowest BCUT2D eigenvalue weighted by Crippen LogP contribution is -2.04. The monoisotopic (exact) mass is 1050 g/mol. The molecule has 9 rings (SSSR count). The van der Waals surface area contributed by atoms with E-state index < -0.39 is 0 Å². The van der Waals surface area contributed by atoms with Crippen molar-refractivity contribution in [3.63, 3.8) is 0 Å². The third kappa shape index (κ3) is 90.5. The highest BCUT2D eigenvalue weighted by molar-refractivity contribution is 5.03. The molecule has 3 atom stereocenters. The molecule has 0 spiro atoms. The van der Waals surface area contributed by atoms with E-state index in [1.807, 2.05) is 125 Å². The Bertz CT molecular complexity index is 935. The summed E-state index contributed by atoms with van der Waals surface area (Å²) in [6.45, 7) is 56.7. The highest BCUT2D eigenvalue weighted by Crippen LogP contribution is 2.27. The summed E-state index contributed by atoms with van der Waals surface area (Å²) in [4.78, 5) is 0. The summed E-state index contributed by atoms with van der Waals surface area (Å²) >= 11 is 0. The molecule has 0 radical (unpaired) electrons. The fraction of sp³-hybridized carbons (Fsp3) is 0.892. The molecular weight excluding hydrogens is 889 g/mol. The molecule has 0 aromatic rings. The molecule has 5 fully saturated rings. The minimum atomic E-state index is 0.855. The third-order valence-electron chi connectivity index (χ3n) is 13.5. The van der Waals surface area contributed by atoms with E-state index in [0.29, 0.717) is 0 Å². The van der Waals surface area contributed by atoms with Gasteiger partial charge in [-0.1, -0.05) is 357 Å². The maximum atomic E-state index is 2.38. The van der Waals surface area contributed by atoms with Gasteiger partial charge in [-0.25, -0.2) is 0 Å². The Morgan fingerprint density at radius 2 is 0.581 bits per heavy atom. The second-order valence-corrected chi connectivity index (χ2v) is 20.6.